The molecule has 0 atom stereocenters. The molecule has 178 valence electrons. The summed E-state index contributed by atoms with van der Waals surface area (Å²) in [5.74, 6) is 6.42. The van der Waals surface area contributed by atoms with Crippen molar-refractivity contribution < 1.29 is 13.2 Å². The van der Waals surface area contributed by atoms with Crippen LogP contribution in [0.5, 0.6) is 0 Å². The molecule has 2 aromatic rings. The first-order valence-corrected chi connectivity index (χ1v) is 11.2. The van der Waals surface area contributed by atoms with Gasteiger partial charge in [-0.25, -0.2) is 10.8 Å². The molecule has 1 saturated heterocycles. The van der Waals surface area contributed by atoms with Gasteiger partial charge in [-0.1, -0.05) is 6.07 Å². The normalized spacial score (nSPS) is 17.7. The second-order valence-corrected chi connectivity index (χ2v) is 8.78. The molecule has 4 rings (SSSR count). The van der Waals surface area contributed by atoms with E-state index in [2.05, 4.69) is 4.98 Å². The minimum atomic E-state index is -4.63. The zero-order valence-electron chi connectivity index (χ0n) is 18.6. The van der Waals surface area contributed by atoms with Crippen molar-refractivity contribution in [2.24, 2.45) is 11.6 Å². The van der Waals surface area contributed by atoms with Crippen LogP contribution in [0.2, 0.25) is 0 Å². The maximum Gasteiger partial charge on any atom is 0.435 e. The number of rotatable bonds is 6. The second-order valence-electron chi connectivity index (χ2n) is 8.78. The standard InChI is InChI=1S/C23H29F3N6O/c1-30(28)19(14-32-13-16(15-5-6-15)7-10-20(32)33)21(27)17-8-9-18(22(29-17)23(24,25)26)31-11-3-2-4-12-31/h7-10,13,15H,2-6,11-12,14,27-28H2,1H3/b21-19-. The molecule has 0 bridgehead atoms. The molecule has 0 amide bonds. The van der Waals surface area contributed by atoms with Crippen LogP contribution in [0.1, 0.15) is 55.0 Å². The summed E-state index contributed by atoms with van der Waals surface area (Å²) in [5.41, 5.74) is 6.48. The third-order valence-corrected chi connectivity index (χ3v) is 6.23. The summed E-state index contributed by atoms with van der Waals surface area (Å²) >= 11 is 0. The molecule has 7 nitrogen and oxygen atoms in total. The molecule has 10 heteroatoms. The molecule has 2 aliphatic rings. The van der Waals surface area contributed by atoms with Gasteiger partial charge in [-0.3, -0.25) is 4.79 Å². The average Bonchev–Trinajstić information content (AvgIpc) is 3.63. The third-order valence-electron chi connectivity index (χ3n) is 6.23. The molecular formula is C23H29F3N6O. The van der Waals surface area contributed by atoms with Crippen molar-refractivity contribution in [3.63, 3.8) is 0 Å². The number of piperidine rings is 1. The Kier molecular flexibility index (Phi) is 6.38. The number of likely N-dealkylation sites (N-methyl/N-ethyl adjacent to an activating group) is 1. The third kappa shape index (κ3) is 5.16. The minimum absolute atomic E-state index is 0.000538. The first-order chi connectivity index (χ1) is 15.6. The molecule has 4 N–H and O–H groups in total. The monoisotopic (exact) mass is 462 g/mol. The van der Waals surface area contributed by atoms with Gasteiger partial charge in [0, 0.05) is 32.4 Å². The van der Waals surface area contributed by atoms with Gasteiger partial charge in [-0.2, -0.15) is 13.2 Å². The van der Waals surface area contributed by atoms with Gasteiger partial charge >= 0.3 is 6.18 Å². The first-order valence-electron chi connectivity index (χ1n) is 11.2. The van der Waals surface area contributed by atoms with E-state index in [-0.39, 0.29) is 29.2 Å². The van der Waals surface area contributed by atoms with Crippen LogP contribution in [0.25, 0.3) is 5.70 Å². The maximum atomic E-state index is 13.9. The minimum Gasteiger partial charge on any atom is -0.395 e. The lowest BCUT2D eigenvalue weighted by atomic mass is 10.1. The molecule has 0 radical (unpaired) electrons. The predicted molar refractivity (Wildman–Crippen MR) is 121 cm³/mol. The van der Waals surface area contributed by atoms with Crippen molar-refractivity contribution in [2.75, 3.05) is 25.0 Å². The van der Waals surface area contributed by atoms with Crippen molar-refractivity contribution in [2.45, 2.75) is 50.7 Å². The van der Waals surface area contributed by atoms with Gasteiger partial charge in [0.2, 0.25) is 0 Å². The van der Waals surface area contributed by atoms with Crippen molar-refractivity contribution in [1.29, 1.82) is 0 Å². The van der Waals surface area contributed by atoms with Crippen LogP contribution in [-0.4, -0.2) is 34.7 Å². The number of alkyl halides is 3. The highest BCUT2D eigenvalue weighted by molar-refractivity contribution is 5.65. The molecule has 1 aliphatic carbocycles. The average molecular weight is 463 g/mol. The van der Waals surface area contributed by atoms with Gasteiger partial charge in [0.05, 0.1) is 29.3 Å². The van der Waals surface area contributed by atoms with Gasteiger partial charge in [-0.05, 0) is 55.7 Å². The number of nitrogens with zero attached hydrogens (tertiary/aromatic N) is 4. The smallest absolute Gasteiger partial charge is 0.395 e. The molecule has 33 heavy (non-hydrogen) atoms. The Morgan fingerprint density at radius 2 is 1.85 bits per heavy atom. The Bertz CT molecular complexity index is 1100. The number of hydrazine groups is 1. The summed E-state index contributed by atoms with van der Waals surface area (Å²) in [6.07, 6.45) is 1.99. The second kappa shape index (κ2) is 9.09. The lowest BCUT2D eigenvalue weighted by molar-refractivity contribution is -0.140. The molecule has 1 saturated carbocycles. The van der Waals surface area contributed by atoms with Crippen LogP contribution < -0.4 is 22.0 Å². The molecule has 2 fully saturated rings. The Labute approximate surface area is 190 Å². The molecule has 0 unspecified atom stereocenters. The summed E-state index contributed by atoms with van der Waals surface area (Å²) in [6.45, 7) is 1.15. The van der Waals surface area contributed by atoms with E-state index in [1.807, 2.05) is 6.07 Å². The summed E-state index contributed by atoms with van der Waals surface area (Å²) in [4.78, 5) is 18.1. The summed E-state index contributed by atoms with van der Waals surface area (Å²) < 4.78 is 43.2. The largest absolute Gasteiger partial charge is 0.435 e. The van der Waals surface area contributed by atoms with E-state index in [1.54, 1.807) is 11.1 Å². The van der Waals surface area contributed by atoms with Gasteiger partial charge in [-0.15, -0.1) is 0 Å². The highest BCUT2D eigenvalue weighted by Crippen LogP contribution is 2.39. The number of hydrogen-bond donors (Lipinski definition) is 2. The fraction of sp³-hybridized carbons (Fsp3) is 0.478. The van der Waals surface area contributed by atoms with Crippen molar-refractivity contribution in [3.8, 4) is 0 Å². The summed E-state index contributed by atoms with van der Waals surface area (Å²) in [5, 5.41) is 1.22. The maximum absolute atomic E-state index is 13.9. The van der Waals surface area contributed by atoms with Gasteiger partial charge in [0.15, 0.2) is 5.69 Å². The van der Waals surface area contributed by atoms with Crippen LogP contribution in [0, 0.1) is 0 Å². The van der Waals surface area contributed by atoms with E-state index < -0.39 is 11.9 Å². The lowest BCUT2D eigenvalue weighted by Gasteiger charge is -2.31. The van der Waals surface area contributed by atoms with Crippen molar-refractivity contribution >= 4 is 11.4 Å². The number of pyridine rings is 2. The van der Waals surface area contributed by atoms with Crippen LogP contribution in [0.4, 0.5) is 18.9 Å². The fourth-order valence-corrected chi connectivity index (χ4v) is 4.23. The topological polar surface area (TPSA) is 93.4 Å². The fourth-order valence-electron chi connectivity index (χ4n) is 4.23. The van der Waals surface area contributed by atoms with E-state index in [1.165, 1.54) is 34.8 Å². The Balaban J connectivity index is 1.73. The van der Waals surface area contributed by atoms with Crippen molar-refractivity contribution in [3.05, 3.63) is 63.5 Å². The van der Waals surface area contributed by atoms with Gasteiger partial charge in [0.25, 0.3) is 5.56 Å². The highest BCUT2D eigenvalue weighted by Gasteiger charge is 2.38. The SMILES string of the molecule is CN(N)/C(Cn1cc(C2CC2)ccc1=O)=C(\N)c1ccc(N2CCCCC2)c(C(F)(F)F)n1. The zero-order valence-corrected chi connectivity index (χ0v) is 18.6. The number of halogens is 3. The molecule has 3 heterocycles. The van der Waals surface area contributed by atoms with Crippen molar-refractivity contribution in [1.82, 2.24) is 14.6 Å². The van der Waals surface area contributed by atoms with E-state index in [0.717, 1.165) is 37.7 Å². The van der Waals surface area contributed by atoms with Crippen LogP contribution in [0.3, 0.4) is 0 Å². The quantitative estimate of drug-likeness (QED) is 0.506. The number of aromatic nitrogens is 2. The summed E-state index contributed by atoms with van der Waals surface area (Å²) in [6, 6.07) is 6.22. The Hall–Kier alpha value is -3.01. The Morgan fingerprint density at radius 1 is 1.15 bits per heavy atom. The van der Waals surface area contributed by atoms with E-state index in [4.69, 9.17) is 11.6 Å². The predicted octanol–water partition coefficient (Wildman–Crippen LogP) is 3.26. The van der Waals surface area contributed by atoms with Gasteiger partial charge in [0.1, 0.15) is 0 Å². The number of allylic oxidation sites excluding steroid dienone is 1. The van der Waals surface area contributed by atoms with E-state index in [9.17, 15) is 18.0 Å². The first kappa shape index (κ1) is 23.2. The molecule has 2 aromatic heterocycles. The molecule has 1 aliphatic heterocycles. The van der Waals surface area contributed by atoms with E-state index in [0.29, 0.717) is 24.7 Å². The van der Waals surface area contributed by atoms with Crippen LogP contribution in [0.15, 0.2) is 41.0 Å². The highest BCUT2D eigenvalue weighted by atomic mass is 19.4. The number of hydrogen-bond acceptors (Lipinski definition) is 6. The zero-order chi connectivity index (χ0) is 23.8. The van der Waals surface area contributed by atoms with Gasteiger partial charge < -0.3 is 20.2 Å². The van der Waals surface area contributed by atoms with Crippen LogP contribution in [-0.2, 0) is 12.7 Å². The molecule has 0 aromatic carbocycles. The van der Waals surface area contributed by atoms with E-state index >= 15 is 0 Å². The Morgan fingerprint density at radius 3 is 2.45 bits per heavy atom. The number of nitrogens with two attached hydrogens (primary N) is 2. The van der Waals surface area contributed by atoms with Crippen LogP contribution >= 0.6 is 0 Å². The lowest BCUT2D eigenvalue weighted by Crippen LogP contribution is -2.33. The summed E-state index contributed by atoms with van der Waals surface area (Å²) in [7, 11) is 1.53. The molecular weight excluding hydrogens is 433 g/mol. The number of anilines is 1. The molecule has 0 spiro atoms.